The molecule has 0 unspecified atom stereocenters. The van der Waals surface area contributed by atoms with Gasteiger partial charge in [-0.2, -0.15) is 0 Å². The van der Waals surface area contributed by atoms with Crippen LogP contribution in [0.1, 0.15) is 62.8 Å². The fourth-order valence-corrected chi connectivity index (χ4v) is 14.0. The summed E-state index contributed by atoms with van der Waals surface area (Å²) >= 11 is 0. The van der Waals surface area contributed by atoms with Gasteiger partial charge in [-0.25, -0.2) is 0 Å². The monoisotopic (exact) mass is 1050 g/mol. The van der Waals surface area contributed by atoms with E-state index in [0.717, 1.165) is 41.3 Å². The van der Waals surface area contributed by atoms with Crippen LogP contribution in [0.2, 0.25) is 0 Å². The Hall–Kier alpha value is -9.76. The lowest BCUT2D eigenvalue weighted by Gasteiger charge is -2.30. The molecule has 0 aliphatic heterocycles. The van der Waals surface area contributed by atoms with E-state index in [-0.39, 0.29) is 10.8 Å². The van der Waals surface area contributed by atoms with E-state index in [1.54, 1.807) is 0 Å². The average molecular weight is 1050 g/mol. The molecule has 12 aromatic rings. The normalized spacial score (nSPS) is 14.2. The van der Waals surface area contributed by atoms with Gasteiger partial charge in [-0.1, -0.05) is 228 Å². The third kappa shape index (κ3) is 8.07. The fraction of sp³-hybridized carbons (Fsp3) is 0.100. The van der Waals surface area contributed by atoms with Crippen LogP contribution in [0.3, 0.4) is 0 Å². The lowest BCUT2D eigenvalue weighted by atomic mass is 9.79. The number of allylic oxidation sites excluding steroid dienone is 4. The molecule has 0 amide bonds. The zero-order chi connectivity index (χ0) is 55.1. The van der Waals surface area contributed by atoms with Crippen molar-refractivity contribution in [2.24, 2.45) is 0 Å². The Morgan fingerprint density at radius 3 is 1.15 bits per heavy atom. The molecule has 0 bridgehead atoms. The molecule has 0 heterocycles. The molecule has 0 saturated carbocycles. The van der Waals surface area contributed by atoms with Crippen molar-refractivity contribution in [2.75, 3.05) is 9.80 Å². The first-order valence-corrected chi connectivity index (χ1v) is 29.0. The Bertz CT molecular complexity index is 4530. The molecule has 0 spiro atoms. The first-order valence-electron chi connectivity index (χ1n) is 29.0. The minimum absolute atomic E-state index is 0.184. The average Bonchev–Trinajstić information content (AvgIpc) is 3.76. The maximum Gasteiger partial charge on any atom is 0.0468 e. The van der Waals surface area contributed by atoms with Crippen molar-refractivity contribution in [3.63, 3.8) is 0 Å². The molecule has 0 atom stereocenters. The first kappa shape index (κ1) is 49.3. The highest BCUT2D eigenvalue weighted by Crippen LogP contribution is 2.55. The predicted octanol–water partition coefficient (Wildman–Crippen LogP) is 22.1. The summed E-state index contributed by atoms with van der Waals surface area (Å²) in [7, 11) is 0. The van der Waals surface area contributed by atoms with Crippen LogP contribution in [0.4, 0.5) is 28.4 Å². The molecule has 3 aliphatic carbocycles. The highest BCUT2D eigenvalue weighted by molar-refractivity contribution is 6.23. The molecule has 0 saturated heterocycles. The lowest BCUT2D eigenvalue weighted by Crippen LogP contribution is -2.17. The van der Waals surface area contributed by atoms with Gasteiger partial charge in [0.15, 0.2) is 0 Å². The molecule has 0 radical (unpaired) electrons. The summed E-state index contributed by atoms with van der Waals surface area (Å²) in [6.45, 7) is 9.60. The minimum atomic E-state index is -0.185. The Morgan fingerprint density at radius 2 is 0.671 bits per heavy atom. The highest BCUT2D eigenvalue weighted by atomic mass is 15.2. The topological polar surface area (TPSA) is 6.48 Å². The van der Waals surface area contributed by atoms with Crippen molar-refractivity contribution in [1.82, 2.24) is 0 Å². The second-order valence-electron chi connectivity index (χ2n) is 23.5. The van der Waals surface area contributed by atoms with Crippen molar-refractivity contribution in [2.45, 2.75) is 51.4 Å². The van der Waals surface area contributed by atoms with Crippen molar-refractivity contribution >= 4 is 50.0 Å². The first-order chi connectivity index (χ1) is 40.2. The maximum absolute atomic E-state index is 2.53. The summed E-state index contributed by atoms with van der Waals surface area (Å²) in [4.78, 5) is 4.93. The predicted molar refractivity (Wildman–Crippen MR) is 348 cm³/mol. The van der Waals surface area contributed by atoms with Gasteiger partial charge < -0.3 is 9.80 Å². The van der Waals surface area contributed by atoms with E-state index in [4.69, 9.17) is 0 Å². The van der Waals surface area contributed by atoms with Gasteiger partial charge in [-0.05, 0) is 202 Å². The molecule has 3 aliphatic rings. The van der Waals surface area contributed by atoms with E-state index >= 15 is 0 Å². The van der Waals surface area contributed by atoms with Crippen molar-refractivity contribution < 1.29 is 0 Å². The molecule has 392 valence electrons. The standard InChI is InChI=1S/C80H62N2/c1-79(2)73-31-19-17-29-65(73)67-45-37-57(49-75(67)79)77-69-47-43-64(82(60-27-15-8-16-28-60)62-41-35-56(36-42-62)54-23-11-6-12-24-54)52-72(69)78(58-38-46-68-66-30-18-20-32-74(66)80(3,4)76(68)50-58)70-48-44-63(51-71(70)77)81(59-25-13-7-14-26-59)61-39-33-55(34-40-61)53-21-9-5-10-22-53/h5-15,17-27,29-52H,16,28H2,1-4H3. The van der Waals surface area contributed by atoms with Gasteiger partial charge in [0.25, 0.3) is 0 Å². The van der Waals surface area contributed by atoms with E-state index in [0.29, 0.717) is 0 Å². The second-order valence-corrected chi connectivity index (χ2v) is 23.5. The molecule has 2 nitrogen and oxygen atoms in total. The van der Waals surface area contributed by atoms with Crippen LogP contribution in [0, 0.1) is 0 Å². The number of hydrogen-bond acceptors (Lipinski definition) is 2. The summed E-state index contributed by atoms with van der Waals surface area (Å²) in [5.74, 6) is 0. The third-order valence-corrected chi connectivity index (χ3v) is 18.1. The van der Waals surface area contributed by atoms with Gasteiger partial charge in [-0.3, -0.25) is 0 Å². The number of fused-ring (bicyclic) bond motifs is 8. The van der Waals surface area contributed by atoms with Crippen molar-refractivity contribution in [1.29, 1.82) is 0 Å². The minimum Gasteiger partial charge on any atom is -0.314 e. The van der Waals surface area contributed by atoms with Gasteiger partial charge in [-0.15, -0.1) is 0 Å². The number of benzene rings is 12. The number of para-hydroxylation sites is 1. The van der Waals surface area contributed by atoms with Crippen LogP contribution in [0.5, 0.6) is 0 Å². The number of hydrogen-bond donors (Lipinski definition) is 0. The Labute approximate surface area is 482 Å². The molecule has 0 N–H and O–H groups in total. The van der Waals surface area contributed by atoms with Crippen LogP contribution in [-0.4, -0.2) is 0 Å². The summed E-state index contributed by atoms with van der Waals surface area (Å²) in [5, 5.41) is 4.86. The highest BCUT2D eigenvalue weighted by Gasteiger charge is 2.37. The molecule has 12 aromatic carbocycles. The summed E-state index contributed by atoms with van der Waals surface area (Å²) in [5.41, 5.74) is 26.9. The van der Waals surface area contributed by atoms with Crippen LogP contribution >= 0.6 is 0 Å². The van der Waals surface area contributed by atoms with Gasteiger partial charge in [0.1, 0.15) is 0 Å². The summed E-state index contributed by atoms with van der Waals surface area (Å²) in [6.07, 6.45) is 8.76. The molecule has 0 aromatic heterocycles. The molecule has 15 rings (SSSR count). The van der Waals surface area contributed by atoms with Crippen LogP contribution in [0.15, 0.2) is 285 Å². The van der Waals surface area contributed by atoms with E-state index in [1.807, 2.05) is 0 Å². The quantitative estimate of drug-likeness (QED) is 0.126. The number of rotatable bonds is 10. The molecule has 82 heavy (non-hydrogen) atoms. The van der Waals surface area contributed by atoms with Gasteiger partial charge in [0, 0.05) is 45.0 Å². The van der Waals surface area contributed by atoms with Crippen LogP contribution in [0.25, 0.3) is 88.3 Å². The Morgan fingerprint density at radius 1 is 0.293 bits per heavy atom. The van der Waals surface area contributed by atoms with Crippen molar-refractivity contribution in [3.8, 4) is 66.8 Å². The Kier molecular flexibility index (Phi) is 11.7. The SMILES string of the molecule is CC1(C)c2ccccc2-c2ccc(-c3c4ccc(N(c5ccccc5)c5ccc(-c6ccccc6)cc5)cc4c(-c4ccc5c(c4)C(C)(C)c4ccccc4-5)c4ccc(N(C5=CC=CCC5)c5ccc(-c6ccccc6)cc5)cc34)cc21. The number of anilines is 5. The van der Waals surface area contributed by atoms with Crippen LogP contribution in [-0.2, 0) is 10.8 Å². The zero-order valence-corrected chi connectivity index (χ0v) is 46.9. The van der Waals surface area contributed by atoms with Crippen molar-refractivity contribution in [3.05, 3.63) is 307 Å². The lowest BCUT2D eigenvalue weighted by molar-refractivity contribution is 0.660. The van der Waals surface area contributed by atoms with E-state index < -0.39 is 0 Å². The van der Waals surface area contributed by atoms with E-state index in [2.05, 4.69) is 317 Å². The van der Waals surface area contributed by atoms with Crippen LogP contribution < -0.4 is 9.80 Å². The van der Waals surface area contributed by atoms with E-state index in [9.17, 15) is 0 Å². The number of nitrogens with zero attached hydrogens (tertiary/aromatic N) is 2. The van der Waals surface area contributed by atoms with Gasteiger partial charge in [0.2, 0.25) is 0 Å². The molecule has 0 fully saturated rings. The molecule has 2 heteroatoms. The smallest absolute Gasteiger partial charge is 0.0468 e. The zero-order valence-electron chi connectivity index (χ0n) is 46.9. The van der Waals surface area contributed by atoms with E-state index in [1.165, 1.54) is 116 Å². The fourth-order valence-electron chi connectivity index (χ4n) is 14.0. The van der Waals surface area contributed by atoms with Gasteiger partial charge in [0.05, 0.1) is 0 Å². The second kappa shape index (κ2) is 19.5. The summed E-state index contributed by atoms with van der Waals surface area (Å²) < 4.78 is 0. The molecular weight excluding hydrogens is 989 g/mol. The van der Waals surface area contributed by atoms with Gasteiger partial charge >= 0.3 is 0 Å². The summed E-state index contributed by atoms with van der Waals surface area (Å²) in [6, 6.07) is 97.7. The Balaban J connectivity index is 1.02. The largest absolute Gasteiger partial charge is 0.314 e. The third-order valence-electron chi connectivity index (χ3n) is 18.1. The molecular formula is C80H62N2. The maximum atomic E-state index is 2.53.